The first-order valence-corrected chi connectivity index (χ1v) is 7.13. The van der Waals surface area contributed by atoms with E-state index in [0.717, 1.165) is 11.5 Å². The number of rotatable bonds is 3. The summed E-state index contributed by atoms with van der Waals surface area (Å²) in [6.07, 6.45) is 0. The summed E-state index contributed by atoms with van der Waals surface area (Å²) in [6.45, 7) is 4.01. The van der Waals surface area contributed by atoms with E-state index in [1.807, 2.05) is 13.8 Å². The Bertz CT molecular complexity index is 651. The van der Waals surface area contributed by atoms with Crippen molar-refractivity contribution in [2.75, 3.05) is 6.54 Å². The molecular formula is C15H15FN2OS. The summed E-state index contributed by atoms with van der Waals surface area (Å²) in [5.41, 5.74) is 7.37. The molecule has 3 nitrogen and oxygen atoms in total. The number of hydrogen-bond donors (Lipinski definition) is 1. The maximum absolute atomic E-state index is 13.9. The standard InChI is InChI=1S/C15H15FN2OS/c1-10-11(2)19-15(18-10)20-9-13-6-5-12(4-3-7-17)8-14(13)16/h5-6,8H,7,9,17H2,1-2H3. The predicted octanol–water partition coefficient (Wildman–Crippen LogP) is 3.03. The third-order valence-electron chi connectivity index (χ3n) is 2.75. The highest BCUT2D eigenvalue weighted by molar-refractivity contribution is 7.98. The first kappa shape index (κ1) is 14.6. The Labute approximate surface area is 121 Å². The van der Waals surface area contributed by atoms with Gasteiger partial charge in [-0.15, -0.1) is 0 Å². The fourth-order valence-electron chi connectivity index (χ4n) is 1.54. The minimum atomic E-state index is -0.277. The third-order valence-corrected chi connectivity index (χ3v) is 3.62. The molecule has 0 aliphatic heterocycles. The normalized spacial score (nSPS) is 10.2. The van der Waals surface area contributed by atoms with Crippen molar-refractivity contribution >= 4 is 11.8 Å². The van der Waals surface area contributed by atoms with E-state index in [2.05, 4.69) is 16.8 Å². The van der Waals surface area contributed by atoms with Crippen LogP contribution in [-0.4, -0.2) is 11.5 Å². The van der Waals surface area contributed by atoms with Crippen LogP contribution in [0, 0.1) is 31.5 Å². The molecule has 20 heavy (non-hydrogen) atoms. The molecule has 0 saturated carbocycles. The molecule has 0 radical (unpaired) electrons. The van der Waals surface area contributed by atoms with Crippen LogP contribution in [0.15, 0.2) is 27.8 Å². The summed E-state index contributed by atoms with van der Waals surface area (Å²) in [5.74, 6) is 6.49. The molecule has 0 atom stereocenters. The van der Waals surface area contributed by atoms with Crippen LogP contribution in [-0.2, 0) is 5.75 Å². The fourth-order valence-corrected chi connectivity index (χ4v) is 2.44. The van der Waals surface area contributed by atoms with Crippen molar-refractivity contribution in [3.8, 4) is 11.8 Å². The fraction of sp³-hybridized carbons (Fsp3) is 0.267. The zero-order valence-electron chi connectivity index (χ0n) is 11.4. The van der Waals surface area contributed by atoms with E-state index in [-0.39, 0.29) is 12.4 Å². The van der Waals surface area contributed by atoms with Crippen molar-refractivity contribution in [1.29, 1.82) is 0 Å². The van der Waals surface area contributed by atoms with Crippen LogP contribution in [0.1, 0.15) is 22.6 Å². The lowest BCUT2D eigenvalue weighted by atomic mass is 10.1. The second kappa shape index (κ2) is 6.60. The monoisotopic (exact) mass is 290 g/mol. The summed E-state index contributed by atoms with van der Waals surface area (Å²) in [7, 11) is 0. The van der Waals surface area contributed by atoms with Crippen LogP contribution in [0.2, 0.25) is 0 Å². The summed E-state index contributed by atoms with van der Waals surface area (Å²) >= 11 is 1.37. The zero-order chi connectivity index (χ0) is 14.5. The molecular weight excluding hydrogens is 275 g/mol. The van der Waals surface area contributed by atoms with Gasteiger partial charge in [0.25, 0.3) is 5.22 Å². The molecule has 5 heteroatoms. The molecule has 1 heterocycles. The highest BCUT2D eigenvalue weighted by Gasteiger charge is 2.09. The molecule has 104 valence electrons. The summed E-state index contributed by atoms with van der Waals surface area (Å²) < 4.78 is 19.3. The Balaban J connectivity index is 2.06. The number of aromatic nitrogens is 1. The van der Waals surface area contributed by atoms with Gasteiger partial charge in [0.15, 0.2) is 0 Å². The second-order valence-corrected chi connectivity index (χ2v) is 5.15. The van der Waals surface area contributed by atoms with Gasteiger partial charge < -0.3 is 10.2 Å². The van der Waals surface area contributed by atoms with Crippen LogP contribution >= 0.6 is 11.8 Å². The number of nitrogens with two attached hydrogens (primary N) is 1. The molecule has 0 bridgehead atoms. The van der Waals surface area contributed by atoms with Gasteiger partial charge in [0.2, 0.25) is 0 Å². The maximum Gasteiger partial charge on any atom is 0.256 e. The summed E-state index contributed by atoms with van der Waals surface area (Å²) in [5, 5.41) is 0.561. The number of hydrogen-bond acceptors (Lipinski definition) is 4. The smallest absolute Gasteiger partial charge is 0.256 e. The number of oxazole rings is 1. The van der Waals surface area contributed by atoms with Gasteiger partial charge in [-0.25, -0.2) is 9.37 Å². The lowest BCUT2D eigenvalue weighted by Crippen LogP contribution is -1.94. The number of thioether (sulfide) groups is 1. The maximum atomic E-state index is 13.9. The van der Waals surface area contributed by atoms with Gasteiger partial charge in [-0.2, -0.15) is 0 Å². The Morgan fingerprint density at radius 1 is 1.40 bits per heavy atom. The molecule has 1 aromatic heterocycles. The lowest BCUT2D eigenvalue weighted by molar-refractivity contribution is 0.431. The molecule has 0 saturated heterocycles. The lowest BCUT2D eigenvalue weighted by Gasteiger charge is -2.01. The summed E-state index contributed by atoms with van der Waals surface area (Å²) in [6, 6.07) is 4.93. The Morgan fingerprint density at radius 3 is 2.80 bits per heavy atom. The molecule has 2 rings (SSSR count). The predicted molar refractivity (Wildman–Crippen MR) is 77.9 cm³/mol. The van der Waals surface area contributed by atoms with E-state index >= 15 is 0 Å². The van der Waals surface area contributed by atoms with Gasteiger partial charge in [-0.05, 0) is 31.5 Å². The van der Waals surface area contributed by atoms with Crippen LogP contribution in [0.25, 0.3) is 0 Å². The van der Waals surface area contributed by atoms with Gasteiger partial charge in [-0.3, -0.25) is 0 Å². The average molecular weight is 290 g/mol. The topological polar surface area (TPSA) is 52.0 Å². The van der Waals surface area contributed by atoms with Crippen molar-refractivity contribution in [3.05, 3.63) is 46.6 Å². The molecule has 2 aromatic rings. The molecule has 0 aliphatic carbocycles. The average Bonchev–Trinajstić information content (AvgIpc) is 2.74. The van der Waals surface area contributed by atoms with Gasteiger partial charge in [0, 0.05) is 11.3 Å². The molecule has 0 fully saturated rings. The quantitative estimate of drug-likeness (QED) is 0.697. The van der Waals surface area contributed by atoms with E-state index in [0.29, 0.717) is 22.1 Å². The Kier molecular flexibility index (Phi) is 4.83. The molecule has 2 N–H and O–H groups in total. The molecule has 0 spiro atoms. The zero-order valence-corrected chi connectivity index (χ0v) is 12.2. The van der Waals surface area contributed by atoms with Gasteiger partial charge in [-0.1, -0.05) is 29.7 Å². The van der Waals surface area contributed by atoms with E-state index in [1.165, 1.54) is 17.8 Å². The van der Waals surface area contributed by atoms with Crippen LogP contribution in [0.5, 0.6) is 0 Å². The first-order valence-electron chi connectivity index (χ1n) is 6.14. The van der Waals surface area contributed by atoms with Crippen molar-refractivity contribution < 1.29 is 8.81 Å². The number of benzene rings is 1. The van der Waals surface area contributed by atoms with Crippen LogP contribution in [0.4, 0.5) is 4.39 Å². The molecule has 1 aromatic carbocycles. The number of halogens is 1. The number of aryl methyl sites for hydroxylation is 2. The SMILES string of the molecule is Cc1nc(SCc2ccc(C#CCN)cc2F)oc1C. The van der Waals surface area contributed by atoms with Crippen molar-refractivity contribution in [2.24, 2.45) is 5.73 Å². The second-order valence-electron chi connectivity index (χ2n) is 4.22. The Hall–Kier alpha value is -1.77. The summed E-state index contributed by atoms with van der Waals surface area (Å²) in [4.78, 5) is 4.25. The van der Waals surface area contributed by atoms with E-state index < -0.39 is 0 Å². The van der Waals surface area contributed by atoms with Gasteiger partial charge in [0.05, 0.1) is 12.2 Å². The van der Waals surface area contributed by atoms with Crippen molar-refractivity contribution in [3.63, 3.8) is 0 Å². The van der Waals surface area contributed by atoms with Gasteiger partial charge in [0.1, 0.15) is 11.6 Å². The van der Waals surface area contributed by atoms with E-state index in [1.54, 1.807) is 12.1 Å². The van der Waals surface area contributed by atoms with Crippen LogP contribution in [0.3, 0.4) is 0 Å². The van der Waals surface area contributed by atoms with E-state index in [4.69, 9.17) is 10.2 Å². The molecule has 0 amide bonds. The van der Waals surface area contributed by atoms with E-state index in [9.17, 15) is 4.39 Å². The number of nitrogens with zero attached hydrogens (tertiary/aromatic N) is 1. The minimum absolute atomic E-state index is 0.266. The first-order chi connectivity index (χ1) is 9.60. The highest BCUT2D eigenvalue weighted by Crippen LogP contribution is 2.25. The largest absolute Gasteiger partial charge is 0.437 e. The van der Waals surface area contributed by atoms with Gasteiger partial charge >= 0.3 is 0 Å². The third kappa shape index (κ3) is 3.62. The van der Waals surface area contributed by atoms with Crippen molar-refractivity contribution in [2.45, 2.75) is 24.8 Å². The molecule has 0 unspecified atom stereocenters. The van der Waals surface area contributed by atoms with Crippen molar-refractivity contribution in [1.82, 2.24) is 4.98 Å². The van der Waals surface area contributed by atoms with Crippen LogP contribution < -0.4 is 5.73 Å². The Morgan fingerprint density at radius 2 is 2.20 bits per heavy atom. The minimum Gasteiger partial charge on any atom is -0.437 e. The molecule has 0 aliphatic rings. The highest BCUT2D eigenvalue weighted by atomic mass is 32.2.